The summed E-state index contributed by atoms with van der Waals surface area (Å²) in [6, 6.07) is 12.2. The van der Waals surface area contributed by atoms with Crippen molar-refractivity contribution in [2.24, 2.45) is 0 Å². The van der Waals surface area contributed by atoms with Crippen LogP contribution in [0.4, 0.5) is 8.78 Å². The molecule has 3 aromatic rings. The molecule has 0 spiro atoms. The van der Waals surface area contributed by atoms with Crippen LogP contribution in [0.5, 0.6) is 28.7 Å². The lowest BCUT2D eigenvalue weighted by Gasteiger charge is -2.31. The molecule has 0 saturated carbocycles. The standard InChI is InChI=1S/C31H30F2O8/c32-23-5-8-25(41-26-6-2-19(14-24(26)33)39-17-31(36)9-11-37-12-10-31)22-4-7-27(30(22)23)40-20-1-3-21-18(13-29(34)35)16-38-28(21)15-20/h1-3,5-6,8,14-15,18,27,36H,4,7,9-13,16-17H2,(H,34,35)/t18-,27-/m1/s1. The Morgan fingerprint density at radius 3 is 2.56 bits per heavy atom. The average Bonchev–Trinajstić information content (AvgIpc) is 3.55. The molecule has 1 saturated heterocycles. The molecule has 3 aromatic carbocycles. The highest BCUT2D eigenvalue weighted by atomic mass is 19.1. The molecule has 0 amide bonds. The predicted molar refractivity (Wildman–Crippen MR) is 142 cm³/mol. The van der Waals surface area contributed by atoms with Gasteiger partial charge in [-0.15, -0.1) is 0 Å². The van der Waals surface area contributed by atoms with Crippen LogP contribution in [-0.2, 0) is 16.0 Å². The molecule has 1 fully saturated rings. The monoisotopic (exact) mass is 568 g/mol. The number of halogens is 2. The van der Waals surface area contributed by atoms with Crippen LogP contribution >= 0.6 is 0 Å². The summed E-state index contributed by atoms with van der Waals surface area (Å²) in [7, 11) is 0. The fourth-order valence-electron chi connectivity index (χ4n) is 5.62. The maximum Gasteiger partial charge on any atom is 0.304 e. The maximum absolute atomic E-state index is 15.0. The molecular formula is C31H30F2O8. The number of benzene rings is 3. The van der Waals surface area contributed by atoms with E-state index in [1.54, 1.807) is 24.3 Å². The van der Waals surface area contributed by atoms with Crippen molar-refractivity contribution < 1.29 is 47.5 Å². The van der Waals surface area contributed by atoms with Crippen LogP contribution in [0, 0.1) is 11.6 Å². The third kappa shape index (κ3) is 5.80. The molecule has 2 N–H and O–H groups in total. The molecule has 216 valence electrons. The van der Waals surface area contributed by atoms with E-state index >= 15 is 4.39 Å². The van der Waals surface area contributed by atoms with Gasteiger partial charge in [-0.05, 0) is 43.2 Å². The molecule has 8 nitrogen and oxygen atoms in total. The number of carbonyl (C=O) groups is 1. The minimum atomic E-state index is -1.01. The van der Waals surface area contributed by atoms with Gasteiger partial charge in [-0.2, -0.15) is 0 Å². The van der Waals surface area contributed by atoms with Crippen molar-refractivity contribution in [2.45, 2.75) is 49.7 Å². The van der Waals surface area contributed by atoms with Crippen LogP contribution in [0.25, 0.3) is 0 Å². The number of carboxylic acids is 1. The predicted octanol–water partition coefficient (Wildman–Crippen LogP) is 5.69. The van der Waals surface area contributed by atoms with E-state index in [4.69, 9.17) is 28.8 Å². The summed E-state index contributed by atoms with van der Waals surface area (Å²) >= 11 is 0. The van der Waals surface area contributed by atoms with Crippen LogP contribution in [0.3, 0.4) is 0 Å². The van der Waals surface area contributed by atoms with Gasteiger partial charge in [0, 0.05) is 60.8 Å². The smallest absolute Gasteiger partial charge is 0.304 e. The second kappa shape index (κ2) is 11.2. The number of fused-ring (bicyclic) bond motifs is 2. The normalized spacial score (nSPS) is 20.6. The van der Waals surface area contributed by atoms with Crippen LogP contribution in [0.2, 0.25) is 0 Å². The van der Waals surface area contributed by atoms with Gasteiger partial charge in [-0.1, -0.05) is 6.07 Å². The quantitative estimate of drug-likeness (QED) is 0.339. The zero-order valence-electron chi connectivity index (χ0n) is 22.2. The number of hydrogen-bond acceptors (Lipinski definition) is 7. The first-order valence-corrected chi connectivity index (χ1v) is 13.6. The topological polar surface area (TPSA) is 104 Å². The fraction of sp³-hybridized carbons (Fsp3) is 0.387. The Hall–Kier alpha value is -3.89. The highest BCUT2D eigenvalue weighted by Gasteiger charge is 2.33. The van der Waals surface area contributed by atoms with Gasteiger partial charge in [0.05, 0.1) is 13.0 Å². The summed E-state index contributed by atoms with van der Waals surface area (Å²) in [6.45, 7) is 1.22. The Bertz CT molecular complexity index is 1450. The molecular weight excluding hydrogens is 538 g/mol. The second-order valence-corrected chi connectivity index (χ2v) is 10.7. The molecule has 41 heavy (non-hydrogen) atoms. The van der Waals surface area contributed by atoms with Gasteiger partial charge in [0.2, 0.25) is 0 Å². The molecule has 10 heteroatoms. The molecule has 6 rings (SSSR count). The zero-order chi connectivity index (χ0) is 28.6. The highest BCUT2D eigenvalue weighted by molar-refractivity contribution is 5.68. The molecule has 2 aliphatic heterocycles. The summed E-state index contributed by atoms with van der Waals surface area (Å²) in [5, 5.41) is 19.7. The lowest BCUT2D eigenvalue weighted by molar-refractivity contribution is -0.137. The van der Waals surface area contributed by atoms with Gasteiger partial charge in [0.25, 0.3) is 0 Å². The SMILES string of the molecule is O=C(O)C[C@@H]1COc2cc(O[C@@H]3CCc4c(Oc5ccc(OCC6(O)CCOCC6)cc5F)ccc(F)c43)ccc21. The Kier molecular flexibility index (Phi) is 7.44. The minimum Gasteiger partial charge on any atom is -0.492 e. The van der Waals surface area contributed by atoms with E-state index in [-0.39, 0.29) is 37.1 Å². The first-order chi connectivity index (χ1) is 19.8. The summed E-state index contributed by atoms with van der Waals surface area (Å²) < 4.78 is 58.6. The second-order valence-electron chi connectivity index (χ2n) is 10.7. The van der Waals surface area contributed by atoms with Crippen molar-refractivity contribution in [3.8, 4) is 28.7 Å². The highest BCUT2D eigenvalue weighted by Crippen LogP contribution is 2.44. The zero-order valence-corrected chi connectivity index (χ0v) is 22.2. The minimum absolute atomic E-state index is 0.0211. The van der Waals surface area contributed by atoms with E-state index in [2.05, 4.69) is 0 Å². The van der Waals surface area contributed by atoms with Gasteiger partial charge >= 0.3 is 5.97 Å². The molecule has 2 heterocycles. The lowest BCUT2D eigenvalue weighted by atomic mass is 9.96. The third-order valence-corrected chi connectivity index (χ3v) is 7.86. The van der Waals surface area contributed by atoms with E-state index in [0.717, 1.165) is 5.56 Å². The van der Waals surface area contributed by atoms with Gasteiger partial charge in [0.15, 0.2) is 11.6 Å². The van der Waals surface area contributed by atoms with Crippen molar-refractivity contribution in [1.82, 2.24) is 0 Å². The summed E-state index contributed by atoms with van der Waals surface area (Å²) in [6.07, 6.45) is 1.26. The van der Waals surface area contributed by atoms with Gasteiger partial charge < -0.3 is 33.9 Å². The largest absolute Gasteiger partial charge is 0.492 e. The molecule has 0 unspecified atom stereocenters. The number of rotatable bonds is 9. The average molecular weight is 569 g/mol. The van der Waals surface area contributed by atoms with Crippen molar-refractivity contribution in [3.63, 3.8) is 0 Å². The molecule has 0 bridgehead atoms. The maximum atomic E-state index is 15.0. The summed E-state index contributed by atoms with van der Waals surface area (Å²) in [5.74, 6) is -0.589. The van der Waals surface area contributed by atoms with E-state index in [9.17, 15) is 14.3 Å². The van der Waals surface area contributed by atoms with Gasteiger partial charge in [-0.25, -0.2) is 8.78 Å². The lowest BCUT2D eigenvalue weighted by Crippen LogP contribution is -2.41. The van der Waals surface area contributed by atoms with Crippen LogP contribution in [-0.4, -0.2) is 48.2 Å². The van der Waals surface area contributed by atoms with Gasteiger partial charge in [-0.3, -0.25) is 4.79 Å². The number of ether oxygens (including phenoxy) is 5. The van der Waals surface area contributed by atoms with Crippen LogP contribution < -0.4 is 18.9 Å². The Balaban J connectivity index is 1.15. The fourth-order valence-corrected chi connectivity index (χ4v) is 5.62. The molecule has 0 aromatic heterocycles. The van der Waals surface area contributed by atoms with Crippen molar-refractivity contribution in [1.29, 1.82) is 0 Å². The van der Waals surface area contributed by atoms with Crippen LogP contribution in [0.15, 0.2) is 48.5 Å². The molecule has 0 radical (unpaired) electrons. The van der Waals surface area contributed by atoms with Crippen molar-refractivity contribution >= 4 is 5.97 Å². The molecule has 3 aliphatic rings. The number of hydrogen-bond donors (Lipinski definition) is 2. The molecule has 2 atom stereocenters. The summed E-state index contributed by atoms with van der Waals surface area (Å²) in [4.78, 5) is 11.1. The van der Waals surface area contributed by atoms with E-state index in [0.29, 0.717) is 67.3 Å². The Morgan fingerprint density at radius 1 is 1.00 bits per heavy atom. The van der Waals surface area contributed by atoms with Crippen molar-refractivity contribution in [2.75, 3.05) is 26.4 Å². The number of aliphatic carboxylic acids is 1. The first-order valence-electron chi connectivity index (χ1n) is 13.6. The van der Waals surface area contributed by atoms with Gasteiger partial charge in [0.1, 0.15) is 47.1 Å². The van der Waals surface area contributed by atoms with Crippen molar-refractivity contribution in [3.05, 3.63) is 76.9 Å². The Morgan fingerprint density at radius 2 is 1.78 bits per heavy atom. The molecule has 1 aliphatic carbocycles. The first kappa shape index (κ1) is 27.3. The van der Waals surface area contributed by atoms with E-state index in [1.807, 2.05) is 0 Å². The van der Waals surface area contributed by atoms with E-state index in [1.165, 1.54) is 24.3 Å². The number of carboxylic acid groups (broad SMARTS) is 1. The van der Waals surface area contributed by atoms with E-state index < -0.39 is 29.3 Å². The summed E-state index contributed by atoms with van der Waals surface area (Å²) in [5.41, 5.74) is 0.770. The Labute approximate surface area is 235 Å². The number of aliphatic hydroxyl groups is 1. The van der Waals surface area contributed by atoms with Crippen LogP contribution in [0.1, 0.15) is 54.4 Å². The third-order valence-electron chi connectivity index (χ3n) is 7.86.